The summed E-state index contributed by atoms with van der Waals surface area (Å²) < 4.78 is 11.6. The number of amides is 2. The van der Waals surface area contributed by atoms with Crippen LogP contribution in [0.4, 0.5) is 4.79 Å². The van der Waals surface area contributed by atoms with Gasteiger partial charge in [-0.15, -0.1) is 0 Å². The highest BCUT2D eigenvalue weighted by molar-refractivity contribution is 8.18. The van der Waals surface area contributed by atoms with Crippen LogP contribution in [0.2, 0.25) is 5.02 Å². The van der Waals surface area contributed by atoms with E-state index in [2.05, 4.69) is 6.92 Å². The van der Waals surface area contributed by atoms with Crippen LogP contribution in [-0.2, 0) is 11.3 Å². The monoisotopic (exact) mass is 445 g/mol. The van der Waals surface area contributed by atoms with Gasteiger partial charge < -0.3 is 9.47 Å². The molecule has 0 bridgehead atoms. The molecule has 5 nitrogen and oxygen atoms in total. The minimum atomic E-state index is -0.308. The van der Waals surface area contributed by atoms with Crippen LogP contribution in [0.3, 0.4) is 0 Å². The molecule has 3 rings (SSSR count). The van der Waals surface area contributed by atoms with Crippen LogP contribution in [0.5, 0.6) is 11.5 Å². The molecule has 0 spiro atoms. The Hall–Kier alpha value is -2.44. The molecule has 1 aliphatic rings. The molecular weight excluding hydrogens is 422 g/mol. The second-order valence-electron chi connectivity index (χ2n) is 6.87. The normalized spacial score (nSPS) is 16.3. The zero-order valence-electron chi connectivity index (χ0n) is 17.2. The fourth-order valence-corrected chi connectivity index (χ4v) is 3.80. The average molecular weight is 446 g/mol. The zero-order chi connectivity index (χ0) is 21.7. The van der Waals surface area contributed by atoms with E-state index in [-0.39, 0.29) is 23.8 Å². The van der Waals surface area contributed by atoms with E-state index in [1.54, 1.807) is 30.3 Å². The molecule has 0 aliphatic carbocycles. The highest BCUT2D eigenvalue weighted by atomic mass is 35.5. The predicted molar refractivity (Wildman–Crippen MR) is 121 cm³/mol. The summed E-state index contributed by atoms with van der Waals surface area (Å²) in [4.78, 5) is 26.8. The standard InChI is InChI=1S/C23H24ClNO4S/c1-4-15(3)29-19-11-8-17(12-20(19)28-5-2)13-21-22(26)25(23(27)30-21)14-16-6-9-18(24)10-7-16/h6-13,15H,4-5,14H2,1-3H3/b21-13+/t15-/m1/s1. The van der Waals surface area contributed by atoms with Crippen molar-refractivity contribution in [1.82, 2.24) is 4.90 Å². The molecule has 1 heterocycles. The zero-order valence-corrected chi connectivity index (χ0v) is 18.8. The minimum Gasteiger partial charge on any atom is -0.490 e. The highest BCUT2D eigenvalue weighted by Gasteiger charge is 2.35. The van der Waals surface area contributed by atoms with E-state index in [0.29, 0.717) is 28.0 Å². The Balaban J connectivity index is 1.80. The molecule has 0 radical (unpaired) electrons. The fraction of sp³-hybridized carbons (Fsp3) is 0.304. The van der Waals surface area contributed by atoms with E-state index < -0.39 is 0 Å². The number of carbonyl (C=O) groups is 2. The number of ether oxygens (including phenoxy) is 2. The van der Waals surface area contributed by atoms with E-state index in [4.69, 9.17) is 21.1 Å². The lowest BCUT2D eigenvalue weighted by Gasteiger charge is -2.16. The number of thioether (sulfide) groups is 1. The first-order valence-corrected chi connectivity index (χ1v) is 11.0. The van der Waals surface area contributed by atoms with Crippen LogP contribution in [0.25, 0.3) is 6.08 Å². The Morgan fingerprint density at radius 2 is 1.83 bits per heavy atom. The summed E-state index contributed by atoms with van der Waals surface area (Å²) in [5.74, 6) is 0.976. The lowest BCUT2D eigenvalue weighted by Crippen LogP contribution is -2.27. The number of nitrogens with zero attached hydrogens (tertiary/aromatic N) is 1. The number of hydrogen-bond acceptors (Lipinski definition) is 5. The third-order valence-electron chi connectivity index (χ3n) is 4.60. The van der Waals surface area contributed by atoms with Crippen molar-refractivity contribution in [3.8, 4) is 11.5 Å². The molecule has 1 atom stereocenters. The quantitative estimate of drug-likeness (QED) is 0.456. The number of imide groups is 1. The number of benzene rings is 2. The van der Waals surface area contributed by atoms with Gasteiger partial charge in [0, 0.05) is 5.02 Å². The first kappa shape index (κ1) is 22.2. The van der Waals surface area contributed by atoms with Crippen LogP contribution < -0.4 is 9.47 Å². The van der Waals surface area contributed by atoms with Gasteiger partial charge in [-0.1, -0.05) is 36.7 Å². The van der Waals surface area contributed by atoms with Crippen LogP contribution in [0.15, 0.2) is 47.4 Å². The van der Waals surface area contributed by atoms with Crippen molar-refractivity contribution in [3.05, 3.63) is 63.5 Å². The summed E-state index contributed by atoms with van der Waals surface area (Å²) in [5, 5.41) is 0.321. The molecule has 0 aromatic heterocycles. The molecule has 7 heteroatoms. The Morgan fingerprint density at radius 3 is 2.50 bits per heavy atom. The van der Waals surface area contributed by atoms with Crippen LogP contribution in [-0.4, -0.2) is 28.8 Å². The summed E-state index contributed by atoms with van der Waals surface area (Å²) >= 11 is 6.84. The van der Waals surface area contributed by atoms with Gasteiger partial charge in [0.25, 0.3) is 11.1 Å². The topological polar surface area (TPSA) is 55.8 Å². The third-order valence-corrected chi connectivity index (χ3v) is 5.76. The van der Waals surface area contributed by atoms with Crippen molar-refractivity contribution in [2.24, 2.45) is 0 Å². The van der Waals surface area contributed by atoms with Gasteiger partial charge in [0.2, 0.25) is 0 Å². The van der Waals surface area contributed by atoms with Gasteiger partial charge in [-0.05, 0) is 73.5 Å². The van der Waals surface area contributed by atoms with Gasteiger partial charge >= 0.3 is 0 Å². The summed E-state index contributed by atoms with van der Waals surface area (Å²) in [6.45, 7) is 6.67. The lowest BCUT2D eigenvalue weighted by atomic mass is 10.1. The maximum Gasteiger partial charge on any atom is 0.293 e. The van der Waals surface area contributed by atoms with Gasteiger partial charge in [-0.2, -0.15) is 0 Å². The minimum absolute atomic E-state index is 0.0689. The number of halogens is 1. The molecule has 1 fully saturated rings. The summed E-state index contributed by atoms with van der Waals surface area (Å²) in [5.41, 5.74) is 1.61. The summed E-state index contributed by atoms with van der Waals surface area (Å²) in [7, 11) is 0. The smallest absolute Gasteiger partial charge is 0.293 e. The first-order valence-electron chi connectivity index (χ1n) is 9.84. The Kier molecular flexibility index (Phi) is 7.45. The first-order chi connectivity index (χ1) is 14.4. The molecule has 30 heavy (non-hydrogen) atoms. The molecule has 2 amide bonds. The van der Waals surface area contributed by atoms with Crippen molar-refractivity contribution in [2.45, 2.75) is 39.8 Å². The van der Waals surface area contributed by atoms with Crippen molar-refractivity contribution in [1.29, 1.82) is 0 Å². The molecule has 0 saturated carbocycles. The van der Waals surface area contributed by atoms with Gasteiger partial charge in [0.1, 0.15) is 0 Å². The number of carbonyl (C=O) groups excluding carboxylic acids is 2. The molecule has 2 aromatic rings. The van der Waals surface area contributed by atoms with Crippen molar-refractivity contribution in [3.63, 3.8) is 0 Å². The van der Waals surface area contributed by atoms with Crippen molar-refractivity contribution >= 4 is 40.6 Å². The third kappa shape index (κ3) is 5.37. The SMILES string of the molecule is CCOc1cc(/C=C2/SC(=O)N(Cc3ccc(Cl)cc3)C2=O)ccc1O[C@H](C)CC. The summed E-state index contributed by atoms with van der Waals surface area (Å²) in [6.07, 6.45) is 2.66. The van der Waals surface area contributed by atoms with Gasteiger partial charge in [0.15, 0.2) is 11.5 Å². The number of hydrogen-bond donors (Lipinski definition) is 0. The lowest BCUT2D eigenvalue weighted by molar-refractivity contribution is -0.123. The second-order valence-corrected chi connectivity index (χ2v) is 8.30. The second kappa shape index (κ2) is 10.0. The number of rotatable bonds is 8. The predicted octanol–water partition coefficient (Wildman–Crippen LogP) is 6.15. The molecule has 0 unspecified atom stereocenters. The molecule has 1 saturated heterocycles. The molecular formula is C23H24ClNO4S. The molecule has 2 aromatic carbocycles. The van der Waals surface area contributed by atoms with Crippen molar-refractivity contribution < 1.29 is 19.1 Å². The Bertz CT molecular complexity index is 958. The van der Waals surface area contributed by atoms with E-state index >= 15 is 0 Å². The highest BCUT2D eigenvalue weighted by Crippen LogP contribution is 2.35. The molecule has 158 valence electrons. The van der Waals surface area contributed by atoms with Gasteiger partial charge in [-0.25, -0.2) is 0 Å². The Labute approximate surface area is 186 Å². The fourth-order valence-electron chi connectivity index (χ4n) is 2.84. The van der Waals surface area contributed by atoms with Gasteiger partial charge in [0.05, 0.1) is 24.2 Å². The van der Waals surface area contributed by atoms with Gasteiger partial charge in [-0.3, -0.25) is 14.5 Å². The van der Waals surface area contributed by atoms with E-state index in [0.717, 1.165) is 29.3 Å². The van der Waals surface area contributed by atoms with Crippen LogP contribution in [0.1, 0.15) is 38.3 Å². The maximum atomic E-state index is 12.8. The van der Waals surface area contributed by atoms with Crippen LogP contribution >= 0.6 is 23.4 Å². The maximum absolute atomic E-state index is 12.8. The van der Waals surface area contributed by atoms with Crippen LogP contribution in [0, 0.1) is 0 Å². The van der Waals surface area contributed by atoms with Crippen molar-refractivity contribution in [2.75, 3.05) is 6.61 Å². The van der Waals surface area contributed by atoms with E-state index in [1.807, 2.05) is 32.0 Å². The molecule has 1 aliphatic heterocycles. The van der Waals surface area contributed by atoms with E-state index in [9.17, 15) is 9.59 Å². The Morgan fingerprint density at radius 1 is 1.10 bits per heavy atom. The van der Waals surface area contributed by atoms with E-state index in [1.165, 1.54) is 4.90 Å². The largest absolute Gasteiger partial charge is 0.490 e. The average Bonchev–Trinajstić information content (AvgIpc) is 2.99. The summed E-state index contributed by atoms with van der Waals surface area (Å²) in [6, 6.07) is 12.6. The molecule has 0 N–H and O–H groups in total.